The van der Waals surface area contributed by atoms with E-state index >= 15 is 0 Å². The minimum Gasteiger partial charge on any atom is -0.338 e. The Morgan fingerprint density at radius 2 is 2.05 bits per heavy atom. The van der Waals surface area contributed by atoms with Crippen LogP contribution in [0.1, 0.15) is 24.7 Å². The van der Waals surface area contributed by atoms with E-state index in [0.29, 0.717) is 6.42 Å². The first-order chi connectivity index (χ1) is 10.1. The van der Waals surface area contributed by atoms with Gasteiger partial charge in [-0.1, -0.05) is 13.0 Å². The molecule has 0 bridgehead atoms. The summed E-state index contributed by atoms with van der Waals surface area (Å²) < 4.78 is 28.3. The molecule has 1 atom stereocenters. The average molecular weight is 293 g/mol. The van der Waals surface area contributed by atoms with Crippen LogP contribution in [0.3, 0.4) is 0 Å². The molecule has 0 fully saturated rings. The third-order valence-corrected chi connectivity index (χ3v) is 3.50. The molecular weight excluding hydrogens is 272 g/mol. The van der Waals surface area contributed by atoms with Crippen LogP contribution in [-0.2, 0) is 19.9 Å². The molecule has 0 radical (unpaired) electrons. The first-order valence-electron chi connectivity index (χ1n) is 7.23. The van der Waals surface area contributed by atoms with E-state index in [0.717, 1.165) is 30.8 Å². The molecule has 0 aliphatic carbocycles. The lowest BCUT2D eigenvalue weighted by atomic mass is 10.0. The van der Waals surface area contributed by atoms with Gasteiger partial charge in [-0.25, -0.2) is 13.8 Å². The van der Waals surface area contributed by atoms with Crippen LogP contribution in [0, 0.1) is 11.6 Å². The molecule has 0 saturated carbocycles. The summed E-state index contributed by atoms with van der Waals surface area (Å²) in [6.07, 6.45) is 6.09. The zero-order valence-corrected chi connectivity index (χ0v) is 12.4. The van der Waals surface area contributed by atoms with E-state index in [4.69, 9.17) is 0 Å². The highest BCUT2D eigenvalue weighted by atomic mass is 19.2. The summed E-state index contributed by atoms with van der Waals surface area (Å²) in [6.45, 7) is 2.99. The van der Waals surface area contributed by atoms with Crippen molar-refractivity contribution in [1.29, 1.82) is 0 Å². The lowest BCUT2D eigenvalue weighted by Crippen LogP contribution is -2.34. The highest BCUT2D eigenvalue weighted by Crippen LogP contribution is 2.12. The molecule has 5 heteroatoms. The molecule has 2 aromatic rings. The molecule has 1 aromatic heterocycles. The number of hydrogen-bond acceptors (Lipinski definition) is 2. The lowest BCUT2D eigenvalue weighted by molar-refractivity contribution is 0.482. The van der Waals surface area contributed by atoms with Crippen LogP contribution in [0.5, 0.6) is 0 Å². The highest BCUT2D eigenvalue weighted by molar-refractivity contribution is 5.19. The summed E-state index contributed by atoms with van der Waals surface area (Å²) in [5.74, 6) is -0.620. The minimum absolute atomic E-state index is 0.149. The molecule has 114 valence electrons. The Morgan fingerprint density at radius 3 is 2.67 bits per heavy atom. The molecule has 1 N–H and O–H groups in total. The van der Waals surface area contributed by atoms with Gasteiger partial charge in [0, 0.05) is 31.9 Å². The number of nitrogens with one attached hydrogen (secondary N) is 1. The Hall–Kier alpha value is -1.75. The molecule has 0 aliphatic rings. The van der Waals surface area contributed by atoms with Crippen molar-refractivity contribution in [2.24, 2.45) is 7.05 Å². The number of rotatable bonds is 7. The molecule has 0 saturated heterocycles. The Bertz CT molecular complexity index is 581. The van der Waals surface area contributed by atoms with Gasteiger partial charge in [-0.15, -0.1) is 0 Å². The van der Waals surface area contributed by atoms with Crippen LogP contribution in [0.25, 0.3) is 0 Å². The number of imidazole rings is 1. The van der Waals surface area contributed by atoms with E-state index in [-0.39, 0.29) is 6.04 Å². The van der Waals surface area contributed by atoms with Crippen molar-refractivity contribution in [2.75, 3.05) is 6.54 Å². The summed E-state index contributed by atoms with van der Waals surface area (Å²) >= 11 is 0. The first-order valence-corrected chi connectivity index (χ1v) is 7.23. The van der Waals surface area contributed by atoms with Gasteiger partial charge in [0.2, 0.25) is 0 Å². The average Bonchev–Trinajstić information content (AvgIpc) is 2.85. The van der Waals surface area contributed by atoms with Gasteiger partial charge < -0.3 is 9.88 Å². The van der Waals surface area contributed by atoms with Gasteiger partial charge in [0.1, 0.15) is 5.82 Å². The van der Waals surface area contributed by atoms with Gasteiger partial charge in [-0.2, -0.15) is 0 Å². The van der Waals surface area contributed by atoms with Gasteiger partial charge in [0.15, 0.2) is 11.6 Å². The summed E-state index contributed by atoms with van der Waals surface area (Å²) in [6, 6.07) is 4.24. The number of halogens is 2. The minimum atomic E-state index is -0.805. The summed E-state index contributed by atoms with van der Waals surface area (Å²) in [5.41, 5.74) is 0.789. The lowest BCUT2D eigenvalue weighted by Gasteiger charge is -2.18. The van der Waals surface area contributed by atoms with Crippen LogP contribution in [0.4, 0.5) is 8.78 Å². The molecule has 0 aliphatic heterocycles. The van der Waals surface area contributed by atoms with E-state index in [9.17, 15) is 8.78 Å². The van der Waals surface area contributed by atoms with Crippen LogP contribution in [-0.4, -0.2) is 22.1 Å². The van der Waals surface area contributed by atoms with Crippen LogP contribution >= 0.6 is 0 Å². The predicted molar refractivity (Wildman–Crippen MR) is 79.1 cm³/mol. The maximum atomic E-state index is 13.3. The number of aryl methyl sites for hydroxylation is 1. The highest BCUT2D eigenvalue weighted by Gasteiger charge is 2.14. The van der Waals surface area contributed by atoms with Crippen molar-refractivity contribution < 1.29 is 8.78 Å². The number of aromatic nitrogens is 2. The maximum Gasteiger partial charge on any atom is 0.159 e. The largest absolute Gasteiger partial charge is 0.338 e. The zero-order chi connectivity index (χ0) is 15.2. The molecular formula is C16H21F2N3. The zero-order valence-electron chi connectivity index (χ0n) is 12.4. The number of hydrogen-bond donors (Lipinski definition) is 1. The van der Waals surface area contributed by atoms with Crippen molar-refractivity contribution in [1.82, 2.24) is 14.9 Å². The maximum absolute atomic E-state index is 13.3. The Morgan fingerprint density at radius 1 is 1.24 bits per heavy atom. The van der Waals surface area contributed by atoms with Crippen LogP contribution in [0.15, 0.2) is 30.6 Å². The summed E-state index contributed by atoms with van der Waals surface area (Å²) in [4.78, 5) is 4.33. The normalized spacial score (nSPS) is 12.6. The molecule has 1 heterocycles. The van der Waals surface area contributed by atoms with E-state index in [1.54, 1.807) is 12.3 Å². The Kier molecular flexibility index (Phi) is 5.44. The Balaban J connectivity index is 2.08. The third kappa shape index (κ3) is 4.36. The second kappa shape index (κ2) is 7.31. The monoisotopic (exact) mass is 293 g/mol. The Labute approximate surface area is 124 Å². The van der Waals surface area contributed by atoms with Gasteiger partial charge in [-0.05, 0) is 37.1 Å². The molecule has 21 heavy (non-hydrogen) atoms. The second-order valence-corrected chi connectivity index (χ2v) is 5.26. The van der Waals surface area contributed by atoms with Crippen molar-refractivity contribution in [3.63, 3.8) is 0 Å². The third-order valence-electron chi connectivity index (χ3n) is 3.50. The van der Waals surface area contributed by atoms with Crippen molar-refractivity contribution in [3.05, 3.63) is 53.6 Å². The fourth-order valence-corrected chi connectivity index (χ4v) is 2.33. The van der Waals surface area contributed by atoms with E-state index in [1.807, 2.05) is 17.8 Å². The molecule has 1 aromatic carbocycles. The standard InChI is InChI=1S/C16H21F2N3/c1-3-6-19-13(11-16-20-7-8-21(16)2)9-12-4-5-14(17)15(18)10-12/h4-5,7-8,10,13,19H,3,6,9,11H2,1-2H3. The number of benzene rings is 1. The van der Waals surface area contributed by atoms with Gasteiger partial charge in [-0.3, -0.25) is 0 Å². The molecule has 0 amide bonds. The fourth-order valence-electron chi connectivity index (χ4n) is 2.33. The van der Waals surface area contributed by atoms with Crippen molar-refractivity contribution in [2.45, 2.75) is 32.2 Å². The van der Waals surface area contributed by atoms with Crippen molar-refractivity contribution in [3.8, 4) is 0 Å². The molecule has 2 rings (SSSR count). The molecule has 1 unspecified atom stereocenters. The smallest absolute Gasteiger partial charge is 0.159 e. The van der Waals surface area contributed by atoms with Gasteiger partial charge in [0.05, 0.1) is 0 Å². The second-order valence-electron chi connectivity index (χ2n) is 5.26. The molecule has 0 spiro atoms. The quantitative estimate of drug-likeness (QED) is 0.850. The topological polar surface area (TPSA) is 29.9 Å². The van der Waals surface area contributed by atoms with Gasteiger partial charge >= 0.3 is 0 Å². The fraction of sp³-hybridized carbons (Fsp3) is 0.438. The van der Waals surface area contributed by atoms with Crippen molar-refractivity contribution >= 4 is 0 Å². The summed E-state index contributed by atoms with van der Waals surface area (Å²) in [5, 5.41) is 3.45. The SMILES string of the molecule is CCCNC(Cc1ccc(F)c(F)c1)Cc1nccn1C. The van der Waals surface area contributed by atoms with E-state index in [1.165, 1.54) is 12.1 Å². The van der Waals surface area contributed by atoms with Crippen LogP contribution < -0.4 is 5.32 Å². The van der Waals surface area contributed by atoms with E-state index in [2.05, 4.69) is 17.2 Å². The molecule has 3 nitrogen and oxygen atoms in total. The predicted octanol–water partition coefficient (Wildman–Crippen LogP) is 2.85. The first kappa shape index (κ1) is 15.6. The van der Waals surface area contributed by atoms with Gasteiger partial charge in [0.25, 0.3) is 0 Å². The van der Waals surface area contributed by atoms with E-state index < -0.39 is 11.6 Å². The number of nitrogens with zero attached hydrogens (tertiary/aromatic N) is 2. The van der Waals surface area contributed by atoms with Crippen LogP contribution in [0.2, 0.25) is 0 Å². The summed E-state index contributed by atoms with van der Waals surface area (Å²) in [7, 11) is 1.96.